The van der Waals surface area contributed by atoms with Gasteiger partial charge < -0.3 is 15.5 Å². The second-order valence-electron chi connectivity index (χ2n) is 7.06. The van der Waals surface area contributed by atoms with E-state index in [1.807, 2.05) is 28.8 Å². The Hall–Kier alpha value is -3.09. The summed E-state index contributed by atoms with van der Waals surface area (Å²) in [7, 11) is 0. The summed E-state index contributed by atoms with van der Waals surface area (Å²) in [5.41, 5.74) is 2.15. The SMILES string of the molecule is CCNC(=NCc1nnc2ccccn12)NCC1CCN(c2ccccc2)C1. The van der Waals surface area contributed by atoms with Crippen LogP contribution in [0.5, 0.6) is 0 Å². The maximum absolute atomic E-state index is 4.70. The summed E-state index contributed by atoms with van der Waals surface area (Å²) in [4.78, 5) is 7.16. The minimum atomic E-state index is 0.487. The molecule has 1 aliphatic rings. The Balaban J connectivity index is 1.34. The Bertz CT molecular complexity index is 919. The van der Waals surface area contributed by atoms with Gasteiger partial charge >= 0.3 is 0 Å². The lowest BCUT2D eigenvalue weighted by Gasteiger charge is -2.19. The minimum Gasteiger partial charge on any atom is -0.371 e. The number of nitrogens with one attached hydrogen (secondary N) is 2. The van der Waals surface area contributed by atoms with Crippen LogP contribution in [0.15, 0.2) is 59.7 Å². The molecule has 3 heterocycles. The maximum atomic E-state index is 4.70. The van der Waals surface area contributed by atoms with Gasteiger partial charge in [0.25, 0.3) is 0 Å². The highest BCUT2D eigenvalue weighted by atomic mass is 15.3. The average molecular weight is 377 g/mol. The molecule has 1 aromatic carbocycles. The first-order valence-electron chi connectivity index (χ1n) is 9.94. The molecule has 0 amide bonds. The highest BCUT2D eigenvalue weighted by molar-refractivity contribution is 5.79. The smallest absolute Gasteiger partial charge is 0.191 e. The van der Waals surface area contributed by atoms with Crippen LogP contribution in [0.25, 0.3) is 5.65 Å². The summed E-state index contributed by atoms with van der Waals surface area (Å²) in [6, 6.07) is 16.5. The number of guanidine groups is 1. The number of pyridine rings is 1. The van der Waals surface area contributed by atoms with E-state index < -0.39 is 0 Å². The third kappa shape index (κ3) is 4.24. The van der Waals surface area contributed by atoms with Crippen molar-refractivity contribution in [1.29, 1.82) is 0 Å². The van der Waals surface area contributed by atoms with Crippen LogP contribution in [0.4, 0.5) is 5.69 Å². The van der Waals surface area contributed by atoms with Crippen LogP contribution in [0.1, 0.15) is 19.2 Å². The van der Waals surface area contributed by atoms with Crippen LogP contribution < -0.4 is 15.5 Å². The highest BCUT2D eigenvalue weighted by Gasteiger charge is 2.22. The standard InChI is InChI=1S/C21H27N7/c1-2-22-21(24-15-20-26-25-19-10-6-7-12-28(19)20)23-14-17-11-13-27(16-17)18-8-4-3-5-9-18/h3-10,12,17H,2,11,13-16H2,1H3,(H2,22,23,24). The van der Waals surface area contributed by atoms with Crippen LogP contribution in [-0.4, -0.2) is 46.7 Å². The normalized spacial score (nSPS) is 17.2. The second-order valence-corrected chi connectivity index (χ2v) is 7.06. The molecular formula is C21H27N7. The van der Waals surface area contributed by atoms with E-state index in [-0.39, 0.29) is 0 Å². The summed E-state index contributed by atoms with van der Waals surface area (Å²) in [5.74, 6) is 2.27. The van der Waals surface area contributed by atoms with Gasteiger partial charge in [0.2, 0.25) is 0 Å². The number of para-hydroxylation sites is 1. The van der Waals surface area contributed by atoms with E-state index in [2.05, 4.69) is 63.0 Å². The Morgan fingerprint density at radius 2 is 1.96 bits per heavy atom. The maximum Gasteiger partial charge on any atom is 0.191 e. The molecule has 7 heteroatoms. The van der Waals surface area contributed by atoms with E-state index >= 15 is 0 Å². The average Bonchev–Trinajstić information content (AvgIpc) is 3.38. The molecule has 3 aromatic rings. The molecule has 1 aliphatic heterocycles. The van der Waals surface area contributed by atoms with Gasteiger partial charge in [-0.1, -0.05) is 24.3 Å². The van der Waals surface area contributed by atoms with Crippen molar-refractivity contribution in [3.63, 3.8) is 0 Å². The number of nitrogens with zero attached hydrogens (tertiary/aromatic N) is 5. The van der Waals surface area contributed by atoms with Gasteiger partial charge in [-0.15, -0.1) is 10.2 Å². The second kappa shape index (κ2) is 8.73. The topological polar surface area (TPSA) is 69.8 Å². The molecule has 146 valence electrons. The van der Waals surface area contributed by atoms with Crippen molar-refractivity contribution in [2.75, 3.05) is 31.1 Å². The lowest BCUT2D eigenvalue weighted by Crippen LogP contribution is -2.40. The minimum absolute atomic E-state index is 0.487. The molecule has 0 saturated carbocycles. The van der Waals surface area contributed by atoms with Gasteiger partial charge in [-0.25, -0.2) is 4.99 Å². The molecule has 0 aliphatic carbocycles. The number of fused-ring (bicyclic) bond motifs is 1. The van der Waals surface area contributed by atoms with E-state index in [4.69, 9.17) is 4.99 Å². The van der Waals surface area contributed by atoms with Gasteiger partial charge in [-0.3, -0.25) is 4.40 Å². The number of benzene rings is 1. The monoisotopic (exact) mass is 377 g/mol. The predicted octanol–water partition coefficient (Wildman–Crippen LogP) is 2.31. The first kappa shape index (κ1) is 18.3. The Labute approximate surface area is 165 Å². The molecule has 0 bridgehead atoms. The number of aliphatic imine (C=N–C) groups is 1. The van der Waals surface area contributed by atoms with E-state index in [0.29, 0.717) is 12.5 Å². The van der Waals surface area contributed by atoms with Crippen molar-refractivity contribution < 1.29 is 0 Å². The van der Waals surface area contributed by atoms with E-state index in [9.17, 15) is 0 Å². The molecule has 7 nitrogen and oxygen atoms in total. The Morgan fingerprint density at radius 3 is 2.82 bits per heavy atom. The largest absolute Gasteiger partial charge is 0.371 e. The predicted molar refractivity (Wildman–Crippen MR) is 113 cm³/mol. The van der Waals surface area contributed by atoms with Gasteiger partial charge in [-0.2, -0.15) is 0 Å². The van der Waals surface area contributed by atoms with Gasteiger partial charge in [0, 0.05) is 38.1 Å². The Morgan fingerprint density at radius 1 is 1.11 bits per heavy atom. The summed E-state index contributed by atoms with van der Waals surface area (Å²) in [6.45, 7) is 6.49. The fraction of sp³-hybridized carbons (Fsp3) is 0.381. The van der Waals surface area contributed by atoms with Gasteiger partial charge in [0.1, 0.15) is 6.54 Å². The number of aromatic nitrogens is 3. The van der Waals surface area contributed by atoms with Gasteiger partial charge in [0.05, 0.1) is 0 Å². The van der Waals surface area contributed by atoms with E-state index in [0.717, 1.165) is 43.6 Å². The van der Waals surface area contributed by atoms with Crippen molar-refractivity contribution >= 4 is 17.3 Å². The molecule has 2 N–H and O–H groups in total. The van der Waals surface area contributed by atoms with Gasteiger partial charge in [0.15, 0.2) is 17.4 Å². The number of hydrogen-bond donors (Lipinski definition) is 2. The van der Waals surface area contributed by atoms with Crippen LogP contribution in [0.2, 0.25) is 0 Å². The molecule has 1 atom stereocenters. The van der Waals surface area contributed by atoms with E-state index in [1.54, 1.807) is 0 Å². The van der Waals surface area contributed by atoms with Crippen molar-refractivity contribution in [2.45, 2.75) is 19.9 Å². The summed E-state index contributed by atoms with van der Waals surface area (Å²) < 4.78 is 1.97. The zero-order chi connectivity index (χ0) is 19.2. The molecule has 4 rings (SSSR count). The lowest BCUT2D eigenvalue weighted by molar-refractivity contribution is 0.565. The fourth-order valence-electron chi connectivity index (χ4n) is 3.60. The van der Waals surface area contributed by atoms with Gasteiger partial charge in [-0.05, 0) is 43.5 Å². The van der Waals surface area contributed by atoms with E-state index in [1.165, 1.54) is 12.1 Å². The highest BCUT2D eigenvalue weighted by Crippen LogP contribution is 2.22. The molecule has 1 saturated heterocycles. The third-order valence-corrected chi connectivity index (χ3v) is 5.07. The van der Waals surface area contributed by atoms with Crippen molar-refractivity contribution in [3.8, 4) is 0 Å². The van der Waals surface area contributed by atoms with Crippen LogP contribution in [0, 0.1) is 5.92 Å². The molecule has 28 heavy (non-hydrogen) atoms. The molecule has 1 unspecified atom stereocenters. The fourth-order valence-corrected chi connectivity index (χ4v) is 3.60. The number of anilines is 1. The molecule has 1 fully saturated rings. The molecule has 0 radical (unpaired) electrons. The zero-order valence-electron chi connectivity index (χ0n) is 16.3. The zero-order valence-corrected chi connectivity index (χ0v) is 16.3. The first-order valence-corrected chi connectivity index (χ1v) is 9.94. The van der Waals surface area contributed by atoms with Crippen LogP contribution in [0.3, 0.4) is 0 Å². The molecule has 0 spiro atoms. The summed E-state index contributed by atoms with van der Waals surface area (Å²) in [6.07, 6.45) is 3.16. The summed E-state index contributed by atoms with van der Waals surface area (Å²) >= 11 is 0. The lowest BCUT2D eigenvalue weighted by atomic mass is 10.1. The number of hydrogen-bond acceptors (Lipinski definition) is 4. The third-order valence-electron chi connectivity index (χ3n) is 5.07. The van der Waals surface area contributed by atoms with Crippen molar-refractivity contribution in [2.24, 2.45) is 10.9 Å². The summed E-state index contributed by atoms with van der Waals surface area (Å²) in [5, 5.41) is 15.3. The number of rotatable bonds is 6. The molecule has 2 aromatic heterocycles. The van der Waals surface area contributed by atoms with Crippen molar-refractivity contribution in [1.82, 2.24) is 25.2 Å². The quantitative estimate of drug-likeness (QED) is 0.510. The van der Waals surface area contributed by atoms with Crippen LogP contribution in [-0.2, 0) is 6.54 Å². The Kier molecular flexibility index (Phi) is 5.70. The van der Waals surface area contributed by atoms with Crippen molar-refractivity contribution in [3.05, 3.63) is 60.6 Å². The van der Waals surface area contributed by atoms with Crippen LogP contribution >= 0.6 is 0 Å². The molecular weight excluding hydrogens is 350 g/mol. The first-order chi connectivity index (χ1) is 13.8.